The first kappa shape index (κ1) is 25.2. The molecule has 0 saturated heterocycles. The largest absolute Gasteiger partial charge is 0.493 e. The van der Waals surface area contributed by atoms with Gasteiger partial charge < -0.3 is 24.4 Å². The van der Waals surface area contributed by atoms with E-state index in [2.05, 4.69) is 29.6 Å². The SMILES string of the molecule is CCC(CC)NOCCCOc1cc2nc(CNC(=O)OC(C)(C)C)sc2cc1OC. The number of carbonyl (C=O) groups is 1. The molecule has 1 amide bonds. The van der Waals surface area contributed by atoms with Crippen LogP contribution in [0.4, 0.5) is 4.79 Å². The average molecular weight is 454 g/mol. The van der Waals surface area contributed by atoms with Gasteiger partial charge in [-0.1, -0.05) is 13.8 Å². The Hall–Kier alpha value is -2.10. The van der Waals surface area contributed by atoms with E-state index in [1.54, 1.807) is 7.11 Å². The number of rotatable bonds is 12. The van der Waals surface area contributed by atoms with E-state index in [0.29, 0.717) is 37.3 Å². The second-order valence-electron chi connectivity index (χ2n) is 8.12. The number of ether oxygens (including phenoxy) is 3. The van der Waals surface area contributed by atoms with Crippen LogP contribution in [0.1, 0.15) is 58.9 Å². The molecule has 8 nitrogen and oxygen atoms in total. The van der Waals surface area contributed by atoms with E-state index < -0.39 is 11.7 Å². The predicted molar refractivity (Wildman–Crippen MR) is 123 cm³/mol. The van der Waals surface area contributed by atoms with Gasteiger partial charge in [0.2, 0.25) is 0 Å². The van der Waals surface area contributed by atoms with Crippen LogP contribution in [0.2, 0.25) is 0 Å². The van der Waals surface area contributed by atoms with Crippen molar-refractivity contribution in [3.8, 4) is 11.5 Å². The van der Waals surface area contributed by atoms with Gasteiger partial charge in [0, 0.05) is 24.6 Å². The number of aromatic nitrogens is 1. The monoisotopic (exact) mass is 453 g/mol. The van der Waals surface area contributed by atoms with Gasteiger partial charge in [-0.15, -0.1) is 11.3 Å². The lowest BCUT2D eigenvalue weighted by Crippen LogP contribution is -2.32. The lowest BCUT2D eigenvalue weighted by atomic mass is 10.2. The van der Waals surface area contributed by atoms with Crippen LogP contribution in [0.15, 0.2) is 12.1 Å². The molecular formula is C22H35N3O5S. The van der Waals surface area contributed by atoms with Crippen LogP contribution in [0.5, 0.6) is 11.5 Å². The van der Waals surface area contributed by atoms with Gasteiger partial charge in [-0.2, -0.15) is 5.48 Å². The van der Waals surface area contributed by atoms with Crippen LogP contribution in [0.3, 0.4) is 0 Å². The maximum atomic E-state index is 11.9. The van der Waals surface area contributed by atoms with Crippen LogP contribution < -0.4 is 20.3 Å². The smallest absolute Gasteiger partial charge is 0.408 e. The summed E-state index contributed by atoms with van der Waals surface area (Å²) < 4.78 is 17.6. The van der Waals surface area contributed by atoms with Crippen molar-refractivity contribution in [3.63, 3.8) is 0 Å². The molecule has 0 aliphatic rings. The third-order valence-electron chi connectivity index (χ3n) is 4.38. The van der Waals surface area contributed by atoms with Gasteiger partial charge in [0.25, 0.3) is 0 Å². The lowest BCUT2D eigenvalue weighted by Gasteiger charge is -2.19. The first-order valence-corrected chi connectivity index (χ1v) is 11.5. The molecule has 0 atom stereocenters. The van der Waals surface area contributed by atoms with Crippen molar-refractivity contribution in [1.29, 1.82) is 0 Å². The molecule has 1 aromatic carbocycles. The summed E-state index contributed by atoms with van der Waals surface area (Å²) in [5.41, 5.74) is 3.34. The first-order valence-electron chi connectivity index (χ1n) is 10.7. The molecule has 0 aliphatic heterocycles. The standard InChI is InChI=1S/C22H35N3O5S/c1-7-15(8-2)25-29-11-9-10-28-18-12-16-19(13-17(18)27-6)31-20(24-16)14-23-21(26)30-22(3,4)5/h12-13,15,25H,7-11,14H2,1-6H3,(H,23,26). The van der Waals surface area contributed by atoms with Gasteiger partial charge in [-0.05, 0) is 33.6 Å². The summed E-state index contributed by atoms with van der Waals surface area (Å²) in [6.45, 7) is 11.1. The van der Waals surface area contributed by atoms with Gasteiger partial charge in [-0.3, -0.25) is 0 Å². The summed E-state index contributed by atoms with van der Waals surface area (Å²) in [4.78, 5) is 22.0. The van der Waals surface area contributed by atoms with Crippen LogP contribution in [-0.2, 0) is 16.1 Å². The molecule has 2 aromatic rings. The molecule has 0 radical (unpaired) electrons. The molecule has 0 aliphatic carbocycles. The number of alkyl carbamates (subject to hydrolysis) is 1. The lowest BCUT2D eigenvalue weighted by molar-refractivity contribution is 0.00844. The Morgan fingerprint density at radius 1 is 1.16 bits per heavy atom. The number of thiazole rings is 1. The van der Waals surface area contributed by atoms with Crippen molar-refractivity contribution in [1.82, 2.24) is 15.8 Å². The summed E-state index contributed by atoms with van der Waals surface area (Å²) in [5.74, 6) is 1.29. The molecule has 2 N–H and O–H groups in total. The van der Waals surface area contributed by atoms with Gasteiger partial charge in [0.05, 0.1) is 37.1 Å². The minimum Gasteiger partial charge on any atom is -0.493 e. The van der Waals surface area contributed by atoms with E-state index in [9.17, 15) is 4.79 Å². The number of carbonyl (C=O) groups excluding carboxylic acids is 1. The van der Waals surface area contributed by atoms with Crippen LogP contribution >= 0.6 is 11.3 Å². The second kappa shape index (κ2) is 12.1. The van der Waals surface area contributed by atoms with E-state index in [0.717, 1.165) is 34.5 Å². The Labute approximate surface area is 188 Å². The van der Waals surface area contributed by atoms with E-state index in [-0.39, 0.29) is 0 Å². The number of amides is 1. The molecule has 0 unspecified atom stereocenters. The number of hydrogen-bond donors (Lipinski definition) is 2. The van der Waals surface area contributed by atoms with Crippen molar-refractivity contribution in [2.75, 3.05) is 20.3 Å². The van der Waals surface area contributed by atoms with E-state index in [4.69, 9.17) is 19.0 Å². The number of nitrogens with one attached hydrogen (secondary N) is 2. The Morgan fingerprint density at radius 2 is 1.90 bits per heavy atom. The summed E-state index contributed by atoms with van der Waals surface area (Å²) in [6, 6.07) is 4.15. The molecule has 0 fully saturated rings. The summed E-state index contributed by atoms with van der Waals surface area (Å²) in [5, 5.41) is 3.51. The molecular weight excluding hydrogens is 418 g/mol. The van der Waals surface area contributed by atoms with Crippen LogP contribution in [0, 0.1) is 0 Å². The molecule has 31 heavy (non-hydrogen) atoms. The number of nitrogens with zero attached hydrogens (tertiary/aromatic N) is 1. The molecule has 0 bridgehead atoms. The van der Waals surface area contributed by atoms with Crippen LogP contribution in [-0.4, -0.2) is 43.0 Å². The van der Waals surface area contributed by atoms with Crippen molar-refractivity contribution in [2.45, 2.75) is 72.1 Å². The third kappa shape index (κ3) is 8.51. The minimum atomic E-state index is -0.536. The molecule has 174 valence electrons. The maximum Gasteiger partial charge on any atom is 0.408 e. The van der Waals surface area contributed by atoms with E-state index in [1.807, 2.05) is 32.9 Å². The van der Waals surface area contributed by atoms with Crippen molar-refractivity contribution in [3.05, 3.63) is 17.1 Å². The van der Waals surface area contributed by atoms with Gasteiger partial charge >= 0.3 is 6.09 Å². The third-order valence-corrected chi connectivity index (χ3v) is 5.40. The number of hydroxylamine groups is 1. The first-order chi connectivity index (χ1) is 14.8. The summed E-state index contributed by atoms with van der Waals surface area (Å²) >= 11 is 1.49. The quantitative estimate of drug-likeness (QED) is 0.352. The molecule has 1 aromatic heterocycles. The highest BCUT2D eigenvalue weighted by Gasteiger charge is 2.17. The Kier molecular flexibility index (Phi) is 9.80. The fraction of sp³-hybridized carbons (Fsp3) is 0.636. The highest BCUT2D eigenvalue weighted by Crippen LogP contribution is 2.35. The van der Waals surface area contributed by atoms with Gasteiger partial charge in [0.15, 0.2) is 11.5 Å². The number of methoxy groups -OCH3 is 1. The molecule has 2 rings (SSSR count). The maximum absolute atomic E-state index is 11.9. The molecule has 0 spiro atoms. The van der Waals surface area contributed by atoms with Gasteiger partial charge in [0.1, 0.15) is 10.6 Å². The van der Waals surface area contributed by atoms with Crippen molar-refractivity contribution in [2.24, 2.45) is 0 Å². The fourth-order valence-corrected chi connectivity index (χ4v) is 3.66. The second-order valence-corrected chi connectivity index (χ2v) is 9.23. The summed E-state index contributed by atoms with van der Waals surface area (Å²) in [6.07, 6.45) is 2.35. The molecule has 0 saturated carbocycles. The molecule has 1 heterocycles. The zero-order valence-electron chi connectivity index (χ0n) is 19.4. The Balaban J connectivity index is 1.90. The van der Waals surface area contributed by atoms with E-state index >= 15 is 0 Å². The number of benzene rings is 1. The normalized spacial score (nSPS) is 11.7. The number of hydrogen-bond acceptors (Lipinski definition) is 8. The average Bonchev–Trinajstić information content (AvgIpc) is 3.11. The minimum absolute atomic E-state index is 0.299. The van der Waals surface area contributed by atoms with Crippen molar-refractivity contribution >= 4 is 27.6 Å². The fourth-order valence-electron chi connectivity index (χ4n) is 2.74. The van der Waals surface area contributed by atoms with Crippen LogP contribution in [0.25, 0.3) is 10.2 Å². The van der Waals surface area contributed by atoms with Gasteiger partial charge in [-0.25, -0.2) is 9.78 Å². The Bertz CT molecular complexity index is 830. The highest BCUT2D eigenvalue weighted by molar-refractivity contribution is 7.18. The zero-order valence-corrected chi connectivity index (χ0v) is 20.2. The summed E-state index contributed by atoms with van der Waals surface area (Å²) in [7, 11) is 1.61. The predicted octanol–water partition coefficient (Wildman–Crippen LogP) is 4.81. The molecule has 9 heteroatoms. The zero-order chi connectivity index (χ0) is 22.9. The topological polar surface area (TPSA) is 90.9 Å². The van der Waals surface area contributed by atoms with Crippen molar-refractivity contribution < 1.29 is 23.8 Å². The number of fused-ring (bicyclic) bond motifs is 1. The Morgan fingerprint density at radius 3 is 2.55 bits per heavy atom. The highest BCUT2D eigenvalue weighted by atomic mass is 32.1. The van der Waals surface area contributed by atoms with E-state index in [1.165, 1.54) is 11.3 Å².